The van der Waals surface area contributed by atoms with Gasteiger partial charge in [-0.3, -0.25) is 4.68 Å². The molecule has 6 nitrogen and oxygen atoms in total. The van der Waals surface area contributed by atoms with Gasteiger partial charge in [-0.2, -0.15) is 5.10 Å². The van der Waals surface area contributed by atoms with Gasteiger partial charge in [0.1, 0.15) is 5.82 Å². The maximum Gasteiger partial charge on any atom is 0.241 e. The van der Waals surface area contributed by atoms with Gasteiger partial charge in [0.05, 0.1) is 10.6 Å². The Morgan fingerprint density at radius 3 is 2.37 bits per heavy atom. The van der Waals surface area contributed by atoms with Crippen LogP contribution in [-0.4, -0.2) is 42.7 Å². The van der Waals surface area contributed by atoms with Crippen molar-refractivity contribution >= 4 is 22.4 Å². The molecule has 0 aliphatic carbocycles. The maximum atomic E-state index is 13.3. The molecule has 1 saturated heterocycles. The van der Waals surface area contributed by atoms with E-state index in [1.165, 1.54) is 30.0 Å². The van der Waals surface area contributed by atoms with Crippen LogP contribution >= 0.6 is 12.4 Å². The third kappa shape index (κ3) is 6.91. The van der Waals surface area contributed by atoms with Crippen LogP contribution in [0.25, 0.3) is 0 Å². The van der Waals surface area contributed by atoms with E-state index in [1.807, 2.05) is 37.3 Å². The molecule has 0 bridgehead atoms. The third-order valence-corrected chi connectivity index (χ3v) is 8.08. The van der Waals surface area contributed by atoms with Gasteiger partial charge in [0.2, 0.25) is 10.0 Å². The fourth-order valence-electron chi connectivity index (χ4n) is 4.76. The molecule has 0 amide bonds. The SMILES string of the molecule is CCn1nc(C)cc1C1CCN(CCC(NS(=O)(=O)c2ccc(F)cc2)c2ccccc2)CC1.Cl. The molecule has 1 fully saturated rings. The van der Waals surface area contributed by atoms with Crippen molar-refractivity contribution in [3.63, 3.8) is 0 Å². The molecule has 2 aromatic carbocycles. The molecular formula is C26H34ClFN4O2S. The Morgan fingerprint density at radius 1 is 1.09 bits per heavy atom. The number of hydrogen-bond donors (Lipinski definition) is 1. The molecule has 1 unspecified atom stereocenters. The lowest BCUT2D eigenvalue weighted by Gasteiger charge is -2.33. The van der Waals surface area contributed by atoms with E-state index < -0.39 is 15.8 Å². The molecule has 1 aromatic heterocycles. The number of halogens is 2. The molecule has 0 radical (unpaired) electrons. The zero-order valence-corrected chi connectivity index (χ0v) is 21.9. The van der Waals surface area contributed by atoms with E-state index >= 15 is 0 Å². The molecule has 2 heterocycles. The molecule has 3 aromatic rings. The summed E-state index contributed by atoms with van der Waals surface area (Å²) in [6.45, 7) is 7.81. The number of aryl methyl sites for hydroxylation is 2. The first-order valence-corrected chi connectivity index (χ1v) is 13.4. The van der Waals surface area contributed by atoms with Crippen LogP contribution < -0.4 is 4.72 Å². The fourth-order valence-corrected chi connectivity index (χ4v) is 6.02. The van der Waals surface area contributed by atoms with Crippen molar-refractivity contribution in [3.8, 4) is 0 Å². The number of aromatic nitrogens is 2. The molecular weight excluding hydrogens is 487 g/mol. The molecule has 1 aliphatic heterocycles. The summed E-state index contributed by atoms with van der Waals surface area (Å²) in [5, 5.41) is 4.60. The molecule has 0 saturated carbocycles. The number of likely N-dealkylation sites (tertiary alicyclic amines) is 1. The number of sulfonamides is 1. The number of rotatable bonds is 9. The van der Waals surface area contributed by atoms with Gasteiger partial charge >= 0.3 is 0 Å². The van der Waals surface area contributed by atoms with Crippen LogP contribution in [0.1, 0.15) is 55.1 Å². The summed E-state index contributed by atoms with van der Waals surface area (Å²) in [7, 11) is -3.77. The Balaban J connectivity index is 0.00000342. The van der Waals surface area contributed by atoms with E-state index in [9.17, 15) is 12.8 Å². The predicted molar refractivity (Wildman–Crippen MR) is 139 cm³/mol. The minimum atomic E-state index is -3.77. The summed E-state index contributed by atoms with van der Waals surface area (Å²) in [6, 6.07) is 16.4. The topological polar surface area (TPSA) is 67.2 Å². The number of piperidine rings is 1. The summed E-state index contributed by atoms with van der Waals surface area (Å²) in [5.74, 6) is 0.0541. The molecule has 4 rings (SSSR count). The van der Waals surface area contributed by atoms with Gasteiger partial charge in [-0.15, -0.1) is 12.4 Å². The summed E-state index contributed by atoms with van der Waals surface area (Å²) in [6.07, 6.45) is 2.80. The second-order valence-electron chi connectivity index (χ2n) is 8.97. The monoisotopic (exact) mass is 520 g/mol. The Hall–Kier alpha value is -2.26. The van der Waals surface area contributed by atoms with Crippen molar-refractivity contribution in [1.82, 2.24) is 19.4 Å². The Kier molecular flexibility index (Phi) is 9.47. The molecule has 1 atom stereocenters. The number of nitrogens with zero attached hydrogens (tertiary/aromatic N) is 3. The van der Waals surface area contributed by atoms with Crippen LogP contribution in [-0.2, 0) is 16.6 Å². The van der Waals surface area contributed by atoms with Crippen molar-refractivity contribution in [2.45, 2.75) is 56.5 Å². The van der Waals surface area contributed by atoms with Crippen molar-refractivity contribution < 1.29 is 12.8 Å². The van der Waals surface area contributed by atoms with Crippen LogP contribution in [0.4, 0.5) is 4.39 Å². The van der Waals surface area contributed by atoms with Gasteiger partial charge in [0.25, 0.3) is 0 Å². The first-order valence-electron chi connectivity index (χ1n) is 11.9. The minimum absolute atomic E-state index is 0. The normalized spacial score (nSPS) is 16.1. The van der Waals surface area contributed by atoms with Gasteiger partial charge in [0.15, 0.2) is 0 Å². The molecule has 35 heavy (non-hydrogen) atoms. The second kappa shape index (κ2) is 12.1. The predicted octanol–water partition coefficient (Wildman–Crippen LogP) is 5.06. The van der Waals surface area contributed by atoms with E-state index in [4.69, 9.17) is 0 Å². The Labute approximate surface area is 214 Å². The van der Waals surface area contributed by atoms with Gasteiger partial charge < -0.3 is 4.90 Å². The van der Waals surface area contributed by atoms with Gasteiger partial charge in [-0.1, -0.05) is 30.3 Å². The molecule has 1 aliphatic rings. The first-order chi connectivity index (χ1) is 16.4. The zero-order valence-electron chi connectivity index (χ0n) is 20.2. The third-order valence-electron chi connectivity index (χ3n) is 6.60. The van der Waals surface area contributed by atoms with Crippen molar-refractivity contribution in [3.05, 3.63) is 83.4 Å². The van der Waals surface area contributed by atoms with E-state index in [-0.39, 0.29) is 23.3 Å². The van der Waals surface area contributed by atoms with E-state index in [0.29, 0.717) is 12.3 Å². The van der Waals surface area contributed by atoms with Crippen molar-refractivity contribution in [2.24, 2.45) is 0 Å². The van der Waals surface area contributed by atoms with Crippen molar-refractivity contribution in [1.29, 1.82) is 0 Å². The average molecular weight is 521 g/mol. The highest BCUT2D eigenvalue weighted by Gasteiger charge is 2.26. The largest absolute Gasteiger partial charge is 0.303 e. The molecule has 9 heteroatoms. The summed E-state index contributed by atoms with van der Waals surface area (Å²) in [4.78, 5) is 2.48. The molecule has 0 spiro atoms. The number of benzene rings is 2. The van der Waals surface area contributed by atoms with Gasteiger partial charge in [-0.05, 0) is 88.6 Å². The standard InChI is InChI=1S/C26H33FN4O2S.ClH/c1-3-31-26(19-20(2)28-31)22-13-16-30(17-14-22)18-15-25(21-7-5-4-6-8-21)29-34(32,33)24-11-9-23(27)10-12-24;/h4-12,19,22,25,29H,3,13-18H2,1-2H3;1H. The van der Waals surface area contributed by atoms with Crippen LogP contribution in [0.5, 0.6) is 0 Å². The highest BCUT2D eigenvalue weighted by atomic mass is 35.5. The van der Waals surface area contributed by atoms with Crippen LogP contribution in [0.3, 0.4) is 0 Å². The van der Waals surface area contributed by atoms with E-state index in [2.05, 4.69) is 32.4 Å². The smallest absolute Gasteiger partial charge is 0.241 e. The molecule has 190 valence electrons. The van der Waals surface area contributed by atoms with E-state index in [0.717, 1.165) is 50.3 Å². The summed E-state index contributed by atoms with van der Waals surface area (Å²) >= 11 is 0. The van der Waals surface area contributed by atoms with Gasteiger partial charge in [0, 0.05) is 24.2 Å². The van der Waals surface area contributed by atoms with Crippen molar-refractivity contribution in [2.75, 3.05) is 19.6 Å². The summed E-state index contributed by atoms with van der Waals surface area (Å²) < 4.78 is 44.2. The fraction of sp³-hybridized carbons (Fsp3) is 0.423. The lowest BCUT2D eigenvalue weighted by Crippen LogP contribution is -2.37. The zero-order chi connectivity index (χ0) is 24.1. The number of hydrogen-bond acceptors (Lipinski definition) is 4. The lowest BCUT2D eigenvalue weighted by atomic mass is 9.92. The Bertz CT molecular complexity index is 1180. The lowest BCUT2D eigenvalue weighted by molar-refractivity contribution is 0.201. The molecule has 1 N–H and O–H groups in total. The number of nitrogens with one attached hydrogen (secondary N) is 1. The minimum Gasteiger partial charge on any atom is -0.303 e. The average Bonchev–Trinajstić information content (AvgIpc) is 3.23. The van der Waals surface area contributed by atoms with Gasteiger partial charge in [-0.25, -0.2) is 17.5 Å². The quantitative estimate of drug-likeness (QED) is 0.428. The second-order valence-corrected chi connectivity index (χ2v) is 10.7. The van der Waals surface area contributed by atoms with Crippen LogP contribution in [0, 0.1) is 12.7 Å². The summed E-state index contributed by atoms with van der Waals surface area (Å²) in [5.41, 5.74) is 3.32. The highest BCUT2D eigenvalue weighted by molar-refractivity contribution is 7.89. The van der Waals surface area contributed by atoms with E-state index in [1.54, 1.807) is 0 Å². The van der Waals surface area contributed by atoms with Crippen LogP contribution in [0.2, 0.25) is 0 Å². The Morgan fingerprint density at radius 2 is 1.74 bits per heavy atom. The van der Waals surface area contributed by atoms with Crippen LogP contribution in [0.15, 0.2) is 65.6 Å². The highest BCUT2D eigenvalue weighted by Crippen LogP contribution is 2.29. The first kappa shape index (κ1) is 27.3. The maximum absolute atomic E-state index is 13.3.